The van der Waals surface area contributed by atoms with Crippen LogP contribution in [0.4, 0.5) is 4.39 Å². The fraction of sp³-hybridized carbons (Fsp3) is 0.286. The number of carbonyl (C=O) groups excluding carboxylic acids is 1. The molecule has 1 aliphatic rings. The van der Waals surface area contributed by atoms with E-state index in [9.17, 15) is 14.3 Å². The van der Waals surface area contributed by atoms with Crippen LogP contribution in [0.5, 0.6) is 0 Å². The van der Waals surface area contributed by atoms with Crippen LogP contribution in [0.25, 0.3) is 6.08 Å². The normalized spacial score (nSPS) is 17.1. The lowest BCUT2D eigenvalue weighted by atomic mass is 10.00. The molecule has 2 atom stereocenters. The lowest BCUT2D eigenvalue weighted by molar-refractivity contribution is -0.124. The molecule has 2 unspecified atom stereocenters. The molecule has 2 aromatic rings. The number of benzene rings is 2. The van der Waals surface area contributed by atoms with Crippen molar-refractivity contribution in [3.05, 3.63) is 76.6 Å². The second-order valence-corrected chi connectivity index (χ2v) is 6.64. The van der Waals surface area contributed by atoms with Gasteiger partial charge in [0.05, 0.1) is 0 Å². The van der Waals surface area contributed by atoms with Crippen LogP contribution < -0.4 is 10.8 Å². The second-order valence-electron chi connectivity index (χ2n) is 6.64. The summed E-state index contributed by atoms with van der Waals surface area (Å²) in [5.74, 6) is -0.843. The molecule has 0 heterocycles. The highest BCUT2D eigenvalue weighted by molar-refractivity contribution is 5.90. The molecule has 1 aliphatic carbocycles. The summed E-state index contributed by atoms with van der Waals surface area (Å²) in [7, 11) is 0. The Morgan fingerprint density at radius 1 is 1.26 bits per heavy atom. The highest BCUT2D eigenvalue weighted by Gasteiger charge is 2.25. The van der Waals surface area contributed by atoms with Gasteiger partial charge in [0.1, 0.15) is 5.82 Å². The molecule has 0 fully saturated rings. The maximum absolute atomic E-state index is 13.2. The number of hydrogen-bond donors (Lipinski definition) is 4. The lowest BCUT2D eigenvalue weighted by Gasteiger charge is -2.24. The zero-order chi connectivity index (χ0) is 19.2. The van der Waals surface area contributed by atoms with Crippen molar-refractivity contribution in [2.45, 2.75) is 31.3 Å². The first-order valence-electron chi connectivity index (χ1n) is 8.98. The molecular formula is C21H23FN2O3. The van der Waals surface area contributed by atoms with E-state index in [0.717, 1.165) is 24.0 Å². The van der Waals surface area contributed by atoms with E-state index in [1.165, 1.54) is 29.3 Å². The lowest BCUT2D eigenvalue weighted by Crippen LogP contribution is -2.26. The number of fused-ring (bicyclic) bond motifs is 1. The molecular weight excluding hydrogens is 347 g/mol. The van der Waals surface area contributed by atoms with Gasteiger partial charge in [0.25, 0.3) is 5.91 Å². The highest BCUT2D eigenvalue weighted by Crippen LogP contribution is 2.34. The molecule has 142 valence electrons. The molecule has 3 rings (SSSR count). The Balaban J connectivity index is 1.75. The number of rotatable bonds is 7. The van der Waals surface area contributed by atoms with Crippen molar-refractivity contribution in [1.82, 2.24) is 10.8 Å². The van der Waals surface area contributed by atoms with Crippen LogP contribution in [0.2, 0.25) is 0 Å². The molecule has 5 nitrogen and oxygen atoms in total. The largest absolute Gasteiger partial charge is 0.396 e. The van der Waals surface area contributed by atoms with Gasteiger partial charge in [-0.3, -0.25) is 10.0 Å². The molecule has 0 aliphatic heterocycles. The van der Waals surface area contributed by atoms with Crippen LogP contribution in [0.3, 0.4) is 0 Å². The smallest absolute Gasteiger partial charge is 0.267 e. The molecule has 0 spiro atoms. The van der Waals surface area contributed by atoms with Gasteiger partial charge in [-0.15, -0.1) is 0 Å². The van der Waals surface area contributed by atoms with E-state index < -0.39 is 5.91 Å². The number of aryl methyl sites for hydroxylation is 1. The Morgan fingerprint density at radius 2 is 2.04 bits per heavy atom. The maximum Gasteiger partial charge on any atom is 0.267 e. The van der Waals surface area contributed by atoms with Gasteiger partial charge >= 0.3 is 0 Å². The molecule has 0 saturated carbocycles. The zero-order valence-corrected chi connectivity index (χ0v) is 14.9. The van der Waals surface area contributed by atoms with Gasteiger partial charge in [0.2, 0.25) is 0 Å². The van der Waals surface area contributed by atoms with Crippen molar-refractivity contribution in [1.29, 1.82) is 0 Å². The van der Waals surface area contributed by atoms with Crippen molar-refractivity contribution in [3.8, 4) is 0 Å². The molecule has 0 saturated heterocycles. The monoisotopic (exact) mass is 370 g/mol. The third-order valence-corrected chi connectivity index (χ3v) is 4.87. The average molecular weight is 370 g/mol. The number of aliphatic hydroxyl groups excluding tert-OH is 1. The summed E-state index contributed by atoms with van der Waals surface area (Å²) in [5, 5.41) is 21.5. The van der Waals surface area contributed by atoms with Crippen LogP contribution in [-0.4, -0.2) is 22.8 Å². The molecule has 4 N–H and O–H groups in total. The second kappa shape index (κ2) is 8.90. The number of carbonyl (C=O) groups is 1. The van der Waals surface area contributed by atoms with Gasteiger partial charge in [-0.05, 0) is 59.7 Å². The topological polar surface area (TPSA) is 81.6 Å². The summed E-state index contributed by atoms with van der Waals surface area (Å²) in [6, 6.07) is 12.5. The number of halogens is 1. The van der Waals surface area contributed by atoms with E-state index in [-0.39, 0.29) is 24.5 Å². The molecule has 0 radical (unpaired) electrons. The highest BCUT2D eigenvalue weighted by atomic mass is 19.1. The first-order chi connectivity index (χ1) is 13.1. The molecule has 2 aromatic carbocycles. The van der Waals surface area contributed by atoms with E-state index in [4.69, 9.17) is 5.21 Å². The predicted octanol–water partition coefficient (Wildman–Crippen LogP) is 3.04. The Kier molecular flexibility index (Phi) is 6.34. The number of amides is 1. The van der Waals surface area contributed by atoms with Crippen molar-refractivity contribution < 1.29 is 19.5 Å². The Hall–Kier alpha value is -2.54. The molecule has 6 heteroatoms. The Bertz CT molecular complexity index is 821. The summed E-state index contributed by atoms with van der Waals surface area (Å²) in [6.07, 6.45) is 5.32. The van der Waals surface area contributed by atoms with Crippen molar-refractivity contribution in [2.75, 3.05) is 6.61 Å². The van der Waals surface area contributed by atoms with Crippen LogP contribution in [0.15, 0.2) is 48.5 Å². The quantitative estimate of drug-likeness (QED) is 0.343. The third-order valence-electron chi connectivity index (χ3n) is 4.87. The minimum atomic E-state index is -0.568. The van der Waals surface area contributed by atoms with Crippen molar-refractivity contribution in [3.63, 3.8) is 0 Å². The number of hydroxylamine groups is 1. The minimum absolute atomic E-state index is 0.0469. The van der Waals surface area contributed by atoms with Crippen LogP contribution in [-0.2, 0) is 11.2 Å². The van der Waals surface area contributed by atoms with Crippen molar-refractivity contribution in [2.24, 2.45) is 0 Å². The first kappa shape index (κ1) is 19.2. The van der Waals surface area contributed by atoms with Gasteiger partial charge < -0.3 is 10.4 Å². The molecule has 1 amide bonds. The van der Waals surface area contributed by atoms with E-state index >= 15 is 0 Å². The average Bonchev–Trinajstić information content (AvgIpc) is 3.08. The van der Waals surface area contributed by atoms with Gasteiger partial charge in [0, 0.05) is 24.8 Å². The first-order valence-corrected chi connectivity index (χ1v) is 8.98. The number of aliphatic hydroxyl groups is 1. The maximum atomic E-state index is 13.2. The summed E-state index contributed by atoms with van der Waals surface area (Å²) in [4.78, 5) is 11.1. The summed E-state index contributed by atoms with van der Waals surface area (Å²) in [5.41, 5.74) is 5.82. The van der Waals surface area contributed by atoms with Crippen LogP contribution in [0, 0.1) is 5.82 Å². The Labute approximate surface area is 157 Å². The van der Waals surface area contributed by atoms with Gasteiger partial charge in [0.15, 0.2) is 0 Å². The van der Waals surface area contributed by atoms with Gasteiger partial charge in [-0.25, -0.2) is 9.87 Å². The molecule has 0 aromatic heterocycles. The fourth-order valence-electron chi connectivity index (χ4n) is 3.54. The predicted molar refractivity (Wildman–Crippen MR) is 100 cm³/mol. The van der Waals surface area contributed by atoms with E-state index in [2.05, 4.69) is 5.32 Å². The standard InChI is InChI=1S/C21H23FN2O3/c22-17-6-3-15(4-7-17)19(11-12-25)23-20-9-5-16-13-14(1-8-18(16)20)2-10-21(26)24-27/h1-4,6-8,10,13,19-20,23,25,27H,5,9,11-12H2,(H,24,26)/b10-2+. The Morgan fingerprint density at radius 3 is 2.74 bits per heavy atom. The van der Waals surface area contributed by atoms with E-state index in [1.807, 2.05) is 18.2 Å². The molecule has 27 heavy (non-hydrogen) atoms. The number of hydrogen-bond acceptors (Lipinski definition) is 4. The summed E-state index contributed by atoms with van der Waals surface area (Å²) < 4.78 is 13.2. The van der Waals surface area contributed by atoms with Gasteiger partial charge in [-0.1, -0.05) is 30.3 Å². The van der Waals surface area contributed by atoms with Gasteiger partial charge in [-0.2, -0.15) is 0 Å². The van der Waals surface area contributed by atoms with E-state index in [1.54, 1.807) is 23.7 Å². The van der Waals surface area contributed by atoms with Crippen LogP contribution in [0.1, 0.15) is 47.2 Å². The fourth-order valence-corrected chi connectivity index (χ4v) is 3.54. The van der Waals surface area contributed by atoms with Crippen LogP contribution >= 0.6 is 0 Å². The van der Waals surface area contributed by atoms with E-state index in [0.29, 0.717) is 6.42 Å². The molecule has 0 bridgehead atoms. The zero-order valence-electron chi connectivity index (χ0n) is 14.9. The summed E-state index contributed by atoms with van der Waals surface area (Å²) >= 11 is 0. The minimum Gasteiger partial charge on any atom is -0.396 e. The SMILES string of the molecule is O=C(/C=C/c1ccc2c(c1)CCC2NC(CCO)c1ccc(F)cc1)NO. The number of nitrogens with one attached hydrogen (secondary N) is 2. The summed E-state index contributed by atoms with van der Waals surface area (Å²) in [6.45, 7) is 0.0469. The van der Waals surface area contributed by atoms with Crippen molar-refractivity contribution >= 4 is 12.0 Å². The third kappa shape index (κ3) is 4.80.